The standard InChI is InChI=1S/C16H17ClFN3O/c1-21-13-8-3-2-7-12(13)20-14(21)9-19-16(22)15-10(17)5-4-6-11(15)18/h4-6H,2-3,7-9H2,1H3,(H,19,22). The Hall–Kier alpha value is -1.88. The molecule has 0 saturated carbocycles. The molecule has 1 amide bonds. The Kier molecular flexibility index (Phi) is 4.16. The van der Waals surface area contributed by atoms with Gasteiger partial charge in [-0.15, -0.1) is 0 Å². The van der Waals surface area contributed by atoms with Gasteiger partial charge in [-0.1, -0.05) is 17.7 Å². The number of halogens is 2. The quantitative estimate of drug-likeness (QED) is 0.944. The lowest BCUT2D eigenvalue weighted by Gasteiger charge is -2.11. The molecule has 1 aromatic heterocycles. The van der Waals surface area contributed by atoms with E-state index in [-0.39, 0.29) is 17.1 Å². The van der Waals surface area contributed by atoms with E-state index in [1.807, 2.05) is 11.6 Å². The largest absolute Gasteiger partial charge is 0.345 e. The molecule has 22 heavy (non-hydrogen) atoms. The van der Waals surface area contributed by atoms with Gasteiger partial charge in [0.2, 0.25) is 0 Å². The van der Waals surface area contributed by atoms with Gasteiger partial charge < -0.3 is 9.88 Å². The molecular formula is C16H17ClFN3O. The number of hydrogen-bond donors (Lipinski definition) is 1. The maximum atomic E-state index is 13.7. The van der Waals surface area contributed by atoms with Crippen LogP contribution in [0.2, 0.25) is 5.02 Å². The Morgan fingerprint density at radius 1 is 1.41 bits per heavy atom. The molecule has 1 N–H and O–H groups in total. The van der Waals surface area contributed by atoms with Crippen LogP contribution in [-0.4, -0.2) is 15.5 Å². The fourth-order valence-electron chi connectivity index (χ4n) is 2.86. The maximum Gasteiger partial charge on any atom is 0.256 e. The van der Waals surface area contributed by atoms with Gasteiger partial charge in [-0.25, -0.2) is 9.37 Å². The zero-order valence-corrected chi connectivity index (χ0v) is 13.1. The summed E-state index contributed by atoms with van der Waals surface area (Å²) in [6, 6.07) is 4.19. The maximum absolute atomic E-state index is 13.7. The number of hydrogen-bond acceptors (Lipinski definition) is 2. The third-order valence-electron chi connectivity index (χ3n) is 4.06. The summed E-state index contributed by atoms with van der Waals surface area (Å²) in [4.78, 5) is 16.7. The van der Waals surface area contributed by atoms with E-state index in [1.165, 1.54) is 30.3 Å². The van der Waals surface area contributed by atoms with Crippen molar-refractivity contribution in [2.24, 2.45) is 7.05 Å². The van der Waals surface area contributed by atoms with Crippen LogP contribution in [-0.2, 0) is 26.4 Å². The summed E-state index contributed by atoms with van der Waals surface area (Å²) in [5, 5.41) is 2.81. The molecule has 4 nitrogen and oxygen atoms in total. The van der Waals surface area contributed by atoms with Crippen molar-refractivity contribution in [3.05, 3.63) is 51.8 Å². The highest BCUT2D eigenvalue weighted by Gasteiger charge is 2.19. The van der Waals surface area contributed by atoms with Crippen molar-refractivity contribution >= 4 is 17.5 Å². The van der Waals surface area contributed by atoms with Crippen molar-refractivity contribution in [2.45, 2.75) is 32.2 Å². The van der Waals surface area contributed by atoms with Gasteiger partial charge in [-0.3, -0.25) is 4.79 Å². The summed E-state index contributed by atoms with van der Waals surface area (Å²) in [6.45, 7) is 0.257. The minimum atomic E-state index is -0.621. The first-order chi connectivity index (χ1) is 10.6. The molecule has 0 atom stereocenters. The second-order valence-electron chi connectivity index (χ2n) is 5.47. The topological polar surface area (TPSA) is 46.9 Å². The van der Waals surface area contributed by atoms with Crippen LogP contribution in [0.15, 0.2) is 18.2 Å². The molecule has 1 heterocycles. The van der Waals surface area contributed by atoms with Gasteiger partial charge in [0.15, 0.2) is 0 Å². The van der Waals surface area contributed by atoms with E-state index >= 15 is 0 Å². The number of nitrogens with zero attached hydrogens (tertiary/aromatic N) is 2. The molecule has 2 aromatic rings. The van der Waals surface area contributed by atoms with E-state index in [0.29, 0.717) is 0 Å². The van der Waals surface area contributed by atoms with Crippen LogP contribution in [0.5, 0.6) is 0 Å². The number of carbonyl (C=O) groups excluding carboxylic acids is 1. The highest BCUT2D eigenvalue weighted by atomic mass is 35.5. The van der Waals surface area contributed by atoms with Crippen molar-refractivity contribution in [2.75, 3.05) is 0 Å². The van der Waals surface area contributed by atoms with Gasteiger partial charge >= 0.3 is 0 Å². The molecule has 0 saturated heterocycles. The van der Waals surface area contributed by atoms with Gasteiger partial charge in [-0.2, -0.15) is 0 Å². The number of fused-ring (bicyclic) bond motifs is 1. The third-order valence-corrected chi connectivity index (χ3v) is 4.38. The Balaban J connectivity index is 1.75. The van der Waals surface area contributed by atoms with Crippen LogP contribution >= 0.6 is 11.6 Å². The number of aromatic nitrogens is 2. The average Bonchev–Trinajstić information content (AvgIpc) is 2.82. The summed E-state index contributed by atoms with van der Waals surface area (Å²) in [7, 11) is 1.95. The molecule has 0 aliphatic heterocycles. The molecule has 0 radical (unpaired) electrons. The van der Waals surface area contributed by atoms with Crippen molar-refractivity contribution < 1.29 is 9.18 Å². The number of rotatable bonds is 3. The molecule has 116 valence electrons. The Bertz CT molecular complexity index is 706. The molecular weight excluding hydrogens is 305 g/mol. The van der Waals surface area contributed by atoms with Crippen molar-refractivity contribution in [1.29, 1.82) is 0 Å². The smallest absolute Gasteiger partial charge is 0.256 e. The summed E-state index contributed by atoms with van der Waals surface area (Å²) >= 11 is 5.90. The van der Waals surface area contributed by atoms with E-state index in [2.05, 4.69) is 10.3 Å². The first-order valence-electron chi connectivity index (χ1n) is 7.33. The summed E-state index contributed by atoms with van der Waals surface area (Å²) in [5.41, 5.74) is 2.23. The van der Waals surface area contributed by atoms with Gasteiger partial charge in [-0.05, 0) is 37.8 Å². The Morgan fingerprint density at radius 3 is 2.91 bits per heavy atom. The Labute approximate surface area is 133 Å². The molecule has 0 spiro atoms. The van der Waals surface area contributed by atoms with Crippen LogP contribution < -0.4 is 5.32 Å². The van der Waals surface area contributed by atoms with E-state index in [4.69, 9.17) is 11.6 Å². The first kappa shape index (κ1) is 15.0. The van der Waals surface area contributed by atoms with E-state index < -0.39 is 11.7 Å². The Morgan fingerprint density at radius 2 is 2.18 bits per heavy atom. The number of imidazole rings is 1. The number of carbonyl (C=O) groups is 1. The first-order valence-corrected chi connectivity index (χ1v) is 7.71. The fraction of sp³-hybridized carbons (Fsp3) is 0.375. The van der Waals surface area contributed by atoms with Gasteiger partial charge in [0.1, 0.15) is 11.6 Å². The van der Waals surface area contributed by atoms with E-state index in [9.17, 15) is 9.18 Å². The summed E-state index contributed by atoms with van der Waals surface area (Å²) < 4.78 is 15.8. The predicted octanol–water partition coefficient (Wildman–Crippen LogP) is 3.02. The number of amides is 1. The minimum Gasteiger partial charge on any atom is -0.345 e. The number of benzene rings is 1. The monoisotopic (exact) mass is 321 g/mol. The fourth-order valence-corrected chi connectivity index (χ4v) is 3.11. The van der Waals surface area contributed by atoms with Crippen LogP contribution in [0.3, 0.4) is 0 Å². The normalized spacial score (nSPS) is 13.8. The van der Waals surface area contributed by atoms with Crippen molar-refractivity contribution in [1.82, 2.24) is 14.9 Å². The molecule has 0 fully saturated rings. The second kappa shape index (κ2) is 6.08. The van der Waals surface area contributed by atoms with Crippen LogP contribution in [0, 0.1) is 5.82 Å². The van der Waals surface area contributed by atoms with E-state index in [1.54, 1.807) is 0 Å². The lowest BCUT2D eigenvalue weighted by Crippen LogP contribution is -2.25. The minimum absolute atomic E-state index is 0.108. The van der Waals surface area contributed by atoms with Gasteiger partial charge in [0.25, 0.3) is 5.91 Å². The number of nitrogens with one attached hydrogen (secondary N) is 1. The van der Waals surface area contributed by atoms with Gasteiger partial charge in [0.05, 0.1) is 22.8 Å². The summed E-state index contributed by atoms with van der Waals surface area (Å²) in [5.74, 6) is -0.360. The highest BCUT2D eigenvalue weighted by Crippen LogP contribution is 2.22. The molecule has 3 rings (SSSR count). The number of aryl methyl sites for hydroxylation is 1. The highest BCUT2D eigenvalue weighted by molar-refractivity contribution is 6.33. The molecule has 0 bridgehead atoms. The van der Waals surface area contributed by atoms with E-state index in [0.717, 1.165) is 30.8 Å². The van der Waals surface area contributed by atoms with Gasteiger partial charge in [0, 0.05) is 12.7 Å². The molecule has 1 aliphatic rings. The second-order valence-corrected chi connectivity index (χ2v) is 5.87. The molecule has 1 aliphatic carbocycles. The third kappa shape index (κ3) is 2.73. The lowest BCUT2D eigenvalue weighted by molar-refractivity contribution is 0.0945. The predicted molar refractivity (Wildman–Crippen MR) is 82.4 cm³/mol. The molecule has 1 aromatic carbocycles. The van der Waals surface area contributed by atoms with Crippen molar-refractivity contribution in [3.8, 4) is 0 Å². The van der Waals surface area contributed by atoms with Crippen LogP contribution in [0.4, 0.5) is 4.39 Å². The van der Waals surface area contributed by atoms with Crippen molar-refractivity contribution in [3.63, 3.8) is 0 Å². The molecule has 6 heteroatoms. The average molecular weight is 322 g/mol. The zero-order chi connectivity index (χ0) is 15.7. The SMILES string of the molecule is Cn1c(CNC(=O)c2c(F)cccc2Cl)nc2c1CCCC2. The van der Waals surface area contributed by atoms with Crippen LogP contribution in [0.1, 0.15) is 40.4 Å². The van der Waals surface area contributed by atoms with Crippen LogP contribution in [0.25, 0.3) is 0 Å². The molecule has 0 unspecified atom stereocenters. The summed E-state index contributed by atoms with van der Waals surface area (Å²) in [6.07, 6.45) is 4.33. The zero-order valence-electron chi connectivity index (χ0n) is 12.3. The lowest BCUT2D eigenvalue weighted by atomic mass is 10.0.